The van der Waals surface area contributed by atoms with E-state index in [1.807, 2.05) is 6.07 Å². The van der Waals surface area contributed by atoms with Crippen LogP contribution in [0.2, 0.25) is 0 Å². The molecular weight excluding hydrogens is 233 g/mol. The molecule has 0 fully saturated rings. The van der Waals surface area contributed by atoms with E-state index in [9.17, 15) is 14.0 Å². The number of carbonyl (C=O) groups is 2. The van der Waals surface area contributed by atoms with Crippen molar-refractivity contribution in [3.8, 4) is 6.07 Å². The predicted octanol–water partition coefficient (Wildman–Crippen LogP) is 2.69. The first-order chi connectivity index (χ1) is 8.27. The number of hydrogen-bond acceptors (Lipinski definition) is 3. The van der Waals surface area contributed by atoms with E-state index in [1.165, 1.54) is 24.3 Å². The lowest BCUT2D eigenvalue weighted by Gasteiger charge is -2.18. The zero-order valence-electron chi connectivity index (χ0n) is 10.5. The topological polar surface area (TPSA) is 57.9 Å². The summed E-state index contributed by atoms with van der Waals surface area (Å²) in [6, 6.07) is 7.43. The third-order valence-electron chi connectivity index (χ3n) is 2.50. The average Bonchev–Trinajstić information content (AvgIpc) is 2.35. The van der Waals surface area contributed by atoms with E-state index >= 15 is 0 Å². The van der Waals surface area contributed by atoms with Crippen LogP contribution in [0.1, 0.15) is 36.7 Å². The Morgan fingerprint density at radius 3 is 2.11 bits per heavy atom. The van der Waals surface area contributed by atoms with Gasteiger partial charge < -0.3 is 0 Å². The molecule has 4 heteroatoms. The molecule has 1 aromatic carbocycles. The summed E-state index contributed by atoms with van der Waals surface area (Å²) >= 11 is 0. The van der Waals surface area contributed by atoms with Crippen molar-refractivity contribution in [1.82, 2.24) is 0 Å². The van der Waals surface area contributed by atoms with Gasteiger partial charge in [0.1, 0.15) is 0 Å². The van der Waals surface area contributed by atoms with E-state index < -0.39 is 23.2 Å². The molecule has 0 N–H and O–H groups in total. The van der Waals surface area contributed by atoms with Crippen LogP contribution in [0.15, 0.2) is 24.3 Å². The Balaban J connectivity index is 2.94. The van der Waals surface area contributed by atoms with Gasteiger partial charge in [-0.3, -0.25) is 9.59 Å². The van der Waals surface area contributed by atoms with E-state index in [0.29, 0.717) is 5.56 Å². The van der Waals surface area contributed by atoms with Crippen molar-refractivity contribution in [3.05, 3.63) is 35.4 Å². The van der Waals surface area contributed by atoms with E-state index in [-0.39, 0.29) is 5.56 Å². The zero-order valence-corrected chi connectivity index (χ0v) is 10.5. The first-order valence-corrected chi connectivity index (χ1v) is 5.50. The molecule has 1 unspecified atom stereocenters. The van der Waals surface area contributed by atoms with Crippen LogP contribution >= 0.6 is 0 Å². The van der Waals surface area contributed by atoms with Crippen molar-refractivity contribution >= 4 is 11.6 Å². The fourth-order valence-corrected chi connectivity index (χ4v) is 1.35. The maximum absolute atomic E-state index is 13.8. The van der Waals surface area contributed by atoms with Crippen LogP contribution in [0.4, 0.5) is 4.39 Å². The number of nitriles is 1. The van der Waals surface area contributed by atoms with Gasteiger partial charge >= 0.3 is 0 Å². The molecule has 0 saturated carbocycles. The smallest absolute Gasteiger partial charge is 0.221 e. The summed E-state index contributed by atoms with van der Waals surface area (Å²) in [5.74, 6) is -1.60. The minimum absolute atomic E-state index is 0.0964. The number of hydrogen-bond donors (Lipinski definition) is 0. The van der Waals surface area contributed by atoms with Crippen LogP contribution in [-0.4, -0.2) is 17.7 Å². The SMILES string of the molecule is CC(C)(C)C(=O)C(F)C(=O)c1ccc(C#N)cc1. The van der Waals surface area contributed by atoms with Crippen LogP contribution in [0.25, 0.3) is 0 Å². The number of Topliss-reactive ketones (excluding diaryl/α,β-unsaturated/α-hetero) is 2. The molecule has 94 valence electrons. The van der Waals surface area contributed by atoms with Gasteiger partial charge in [0.25, 0.3) is 0 Å². The van der Waals surface area contributed by atoms with Crippen molar-refractivity contribution in [2.45, 2.75) is 26.9 Å². The second-order valence-corrected chi connectivity index (χ2v) is 5.03. The van der Waals surface area contributed by atoms with Crippen molar-refractivity contribution in [2.24, 2.45) is 5.41 Å². The predicted molar refractivity (Wildman–Crippen MR) is 64.8 cm³/mol. The van der Waals surface area contributed by atoms with Gasteiger partial charge in [-0.25, -0.2) is 4.39 Å². The summed E-state index contributed by atoms with van der Waals surface area (Å²) in [4.78, 5) is 23.4. The van der Waals surface area contributed by atoms with Crippen molar-refractivity contribution in [3.63, 3.8) is 0 Å². The molecule has 18 heavy (non-hydrogen) atoms. The third kappa shape index (κ3) is 3.01. The largest absolute Gasteiger partial charge is 0.295 e. The summed E-state index contributed by atoms with van der Waals surface area (Å²) < 4.78 is 13.8. The first-order valence-electron chi connectivity index (χ1n) is 5.50. The van der Waals surface area contributed by atoms with Gasteiger partial charge in [0.2, 0.25) is 12.0 Å². The van der Waals surface area contributed by atoms with Crippen molar-refractivity contribution in [1.29, 1.82) is 5.26 Å². The molecule has 0 aromatic heterocycles. The second-order valence-electron chi connectivity index (χ2n) is 5.03. The van der Waals surface area contributed by atoms with Gasteiger partial charge in [-0.1, -0.05) is 20.8 Å². The number of rotatable bonds is 3. The van der Waals surface area contributed by atoms with Crippen molar-refractivity contribution in [2.75, 3.05) is 0 Å². The lowest BCUT2D eigenvalue weighted by Crippen LogP contribution is -2.35. The number of benzene rings is 1. The number of alkyl halides is 1. The summed E-state index contributed by atoms with van der Waals surface area (Å²) in [7, 11) is 0. The highest BCUT2D eigenvalue weighted by molar-refractivity contribution is 6.14. The Morgan fingerprint density at radius 2 is 1.72 bits per heavy atom. The Kier molecular flexibility index (Phi) is 3.97. The van der Waals surface area contributed by atoms with Gasteiger partial charge in [0.05, 0.1) is 11.6 Å². The quantitative estimate of drug-likeness (QED) is 0.609. The molecule has 1 aromatic rings. The maximum Gasteiger partial charge on any atom is 0.221 e. The highest BCUT2D eigenvalue weighted by atomic mass is 19.1. The molecule has 0 aliphatic heterocycles. The third-order valence-corrected chi connectivity index (χ3v) is 2.50. The summed E-state index contributed by atoms with van der Waals surface area (Å²) in [5, 5.41) is 8.61. The summed E-state index contributed by atoms with van der Waals surface area (Å²) in [5.41, 5.74) is -0.426. The lowest BCUT2D eigenvalue weighted by molar-refractivity contribution is -0.129. The minimum Gasteiger partial charge on any atom is -0.295 e. The van der Waals surface area contributed by atoms with Gasteiger partial charge in [-0.05, 0) is 24.3 Å². The molecule has 0 aliphatic carbocycles. The van der Waals surface area contributed by atoms with Crippen LogP contribution in [0.3, 0.4) is 0 Å². The number of carbonyl (C=O) groups excluding carboxylic acids is 2. The van der Waals surface area contributed by atoms with E-state index in [4.69, 9.17) is 5.26 Å². The fourth-order valence-electron chi connectivity index (χ4n) is 1.35. The zero-order chi connectivity index (χ0) is 13.9. The minimum atomic E-state index is -2.15. The molecule has 0 spiro atoms. The Bertz CT molecular complexity index is 506. The highest BCUT2D eigenvalue weighted by Crippen LogP contribution is 2.21. The molecule has 0 saturated heterocycles. The van der Waals surface area contributed by atoms with E-state index in [2.05, 4.69) is 0 Å². The van der Waals surface area contributed by atoms with Crippen LogP contribution < -0.4 is 0 Å². The summed E-state index contributed by atoms with van der Waals surface area (Å²) in [6.45, 7) is 4.69. The lowest BCUT2D eigenvalue weighted by atomic mass is 9.86. The van der Waals surface area contributed by atoms with Gasteiger partial charge in [0.15, 0.2) is 5.78 Å². The molecule has 0 aliphatic rings. The number of ketones is 2. The average molecular weight is 247 g/mol. The molecule has 1 rings (SSSR count). The van der Waals surface area contributed by atoms with Crippen molar-refractivity contribution < 1.29 is 14.0 Å². The fraction of sp³-hybridized carbons (Fsp3) is 0.357. The molecule has 0 amide bonds. The molecule has 1 atom stereocenters. The molecule has 3 nitrogen and oxygen atoms in total. The molecule has 0 bridgehead atoms. The maximum atomic E-state index is 13.8. The van der Waals surface area contributed by atoms with E-state index in [0.717, 1.165) is 0 Å². The van der Waals surface area contributed by atoms with Gasteiger partial charge in [-0.2, -0.15) is 5.26 Å². The Labute approximate surface area is 105 Å². The van der Waals surface area contributed by atoms with E-state index in [1.54, 1.807) is 20.8 Å². The monoisotopic (exact) mass is 247 g/mol. The summed E-state index contributed by atoms with van der Waals surface area (Å²) in [6.07, 6.45) is -2.15. The Hall–Kier alpha value is -2.02. The first kappa shape index (κ1) is 14.0. The van der Waals surface area contributed by atoms with Gasteiger partial charge in [-0.15, -0.1) is 0 Å². The highest BCUT2D eigenvalue weighted by Gasteiger charge is 2.34. The van der Waals surface area contributed by atoms with Crippen LogP contribution in [-0.2, 0) is 4.79 Å². The standard InChI is InChI=1S/C14H14FNO2/c1-14(2,3)13(18)11(15)12(17)10-6-4-9(8-16)5-7-10/h4-7,11H,1-3H3. The number of halogens is 1. The van der Waals surface area contributed by atoms with Crippen LogP contribution in [0.5, 0.6) is 0 Å². The molecular formula is C14H14FNO2. The number of nitrogens with zero attached hydrogens (tertiary/aromatic N) is 1. The normalized spacial score (nSPS) is 12.6. The molecule has 0 radical (unpaired) electrons. The van der Waals surface area contributed by atoms with Crippen LogP contribution in [0, 0.1) is 16.7 Å². The Morgan fingerprint density at radius 1 is 1.22 bits per heavy atom. The van der Waals surface area contributed by atoms with Gasteiger partial charge in [0, 0.05) is 11.0 Å². The second kappa shape index (κ2) is 5.09. The molecule has 0 heterocycles.